The molecule has 0 aromatic heterocycles. The number of urea groups is 1. The van der Waals surface area contributed by atoms with Gasteiger partial charge in [0.1, 0.15) is 5.75 Å². The van der Waals surface area contributed by atoms with Gasteiger partial charge in [-0.15, -0.1) is 0 Å². The van der Waals surface area contributed by atoms with E-state index in [9.17, 15) is 4.79 Å². The molecular weight excluding hydrogens is 290 g/mol. The molecule has 2 N–H and O–H groups in total. The second kappa shape index (κ2) is 8.08. The Morgan fingerprint density at radius 2 is 1.70 bits per heavy atom. The SMILES string of the molecule is CCOc1ccc(CNC(=O)Nc2ccc(N(C)C)cc2)cc1. The minimum absolute atomic E-state index is 0.225. The Labute approximate surface area is 137 Å². The van der Waals surface area contributed by atoms with E-state index >= 15 is 0 Å². The molecule has 0 saturated heterocycles. The lowest BCUT2D eigenvalue weighted by molar-refractivity contribution is 0.251. The lowest BCUT2D eigenvalue weighted by atomic mass is 10.2. The van der Waals surface area contributed by atoms with Crippen LogP contribution >= 0.6 is 0 Å². The van der Waals surface area contributed by atoms with Crippen molar-refractivity contribution in [3.63, 3.8) is 0 Å². The molecule has 0 atom stereocenters. The van der Waals surface area contributed by atoms with E-state index in [1.807, 2.05) is 74.4 Å². The summed E-state index contributed by atoms with van der Waals surface area (Å²) >= 11 is 0. The fraction of sp³-hybridized carbons (Fsp3) is 0.278. The molecule has 5 heteroatoms. The molecule has 2 amide bonds. The maximum atomic E-state index is 11.9. The first kappa shape index (κ1) is 16.7. The van der Waals surface area contributed by atoms with E-state index in [0.29, 0.717) is 13.2 Å². The Morgan fingerprint density at radius 3 is 2.26 bits per heavy atom. The summed E-state index contributed by atoms with van der Waals surface area (Å²) in [6, 6.07) is 15.1. The van der Waals surface area contributed by atoms with Crippen molar-refractivity contribution >= 4 is 17.4 Å². The van der Waals surface area contributed by atoms with Gasteiger partial charge in [-0.25, -0.2) is 4.79 Å². The van der Waals surface area contributed by atoms with Crippen molar-refractivity contribution < 1.29 is 9.53 Å². The first-order valence-corrected chi connectivity index (χ1v) is 7.62. The third kappa shape index (κ3) is 5.21. The van der Waals surface area contributed by atoms with Crippen LogP contribution in [0.15, 0.2) is 48.5 Å². The first-order chi connectivity index (χ1) is 11.1. The van der Waals surface area contributed by atoms with Crippen LogP contribution in [-0.4, -0.2) is 26.7 Å². The summed E-state index contributed by atoms with van der Waals surface area (Å²) in [5.41, 5.74) is 2.87. The number of nitrogens with one attached hydrogen (secondary N) is 2. The molecule has 0 radical (unpaired) electrons. The van der Waals surface area contributed by atoms with Gasteiger partial charge in [-0.05, 0) is 48.9 Å². The predicted molar refractivity (Wildman–Crippen MR) is 94.2 cm³/mol. The van der Waals surface area contributed by atoms with Crippen LogP contribution in [0.3, 0.4) is 0 Å². The summed E-state index contributed by atoms with van der Waals surface area (Å²) in [6.07, 6.45) is 0. The Morgan fingerprint density at radius 1 is 1.04 bits per heavy atom. The Bertz CT molecular complexity index is 622. The maximum absolute atomic E-state index is 11.9. The van der Waals surface area contributed by atoms with Gasteiger partial charge in [-0.3, -0.25) is 0 Å². The lowest BCUT2D eigenvalue weighted by Crippen LogP contribution is -2.28. The number of benzene rings is 2. The summed E-state index contributed by atoms with van der Waals surface area (Å²) in [4.78, 5) is 13.9. The highest BCUT2D eigenvalue weighted by Crippen LogP contribution is 2.15. The molecule has 122 valence electrons. The van der Waals surface area contributed by atoms with Gasteiger partial charge in [-0.2, -0.15) is 0 Å². The number of amides is 2. The molecule has 0 unspecified atom stereocenters. The van der Waals surface area contributed by atoms with E-state index in [1.165, 1.54) is 0 Å². The number of carbonyl (C=O) groups is 1. The van der Waals surface area contributed by atoms with Crippen LogP contribution in [-0.2, 0) is 6.54 Å². The standard InChI is InChI=1S/C18H23N3O2/c1-4-23-17-11-5-14(6-12-17)13-19-18(22)20-15-7-9-16(10-8-15)21(2)3/h5-12H,4,13H2,1-3H3,(H2,19,20,22). The van der Waals surface area contributed by atoms with Crippen molar-refractivity contribution in [2.24, 2.45) is 0 Å². The molecule has 0 fully saturated rings. The molecule has 2 rings (SSSR count). The number of hydrogen-bond donors (Lipinski definition) is 2. The molecule has 2 aromatic carbocycles. The van der Waals surface area contributed by atoms with Crippen molar-refractivity contribution in [3.05, 3.63) is 54.1 Å². The minimum Gasteiger partial charge on any atom is -0.494 e. The van der Waals surface area contributed by atoms with Crippen molar-refractivity contribution in [1.82, 2.24) is 5.32 Å². The van der Waals surface area contributed by atoms with Gasteiger partial charge in [-0.1, -0.05) is 12.1 Å². The van der Waals surface area contributed by atoms with Gasteiger partial charge in [0.25, 0.3) is 0 Å². The van der Waals surface area contributed by atoms with Gasteiger partial charge in [0.15, 0.2) is 0 Å². The normalized spacial score (nSPS) is 10.0. The number of hydrogen-bond acceptors (Lipinski definition) is 3. The van der Waals surface area contributed by atoms with Crippen LogP contribution in [0.4, 0.5) is 16.2 Å². The van der Waals surface area contributed by atoms with Crippen LogP contribution in [0.2, 0.25) is 0 Å². The molecule has 2 aromatic rings. The summed E-state index contributed by atoms with van der Waals surface area (Å²) in [7, 11) is 3.96. The lowest BCUT2D eigenvalue weighted by Gasteiger charge is -2.13. The van der Waals surface area contributed by atoms with E-state index in [-0.39, 0.29) is 6.03 Å². The van der Waals surface area contributed by atoms with E-state index < -0.39 is 0 Å². The average Bonchev–Trinajstić information content (AvgIpc) is 2.55. The van der Waals surface area contributed by atoms with E-state index in [1.54, 1.807) is 0 Å². The molecule has 0 saturated carbocycles. The minimum atomic E-state index is -0.225. The molecule has 0 aliphatic rings. The molecule has 0 bridgehead atoms. The molecule has 0 aliphatic carbocycles. The highest BCUT2D eigenvalue weighted by Gasteiger charge is 2.03. The second-order valence-corrected chi connectivity index (χ2v) is 5.33. The zero-order valence-electron chi connectivity index (χ0n) is 13.8. The van der Waals surface area contributed by atoms with Gasteiger partial charge >= 0.3 is 6.03 Å². The predicted octanol–water partition coefficient (Wildman–Crippen LogP) is 3.47. The highest BCUT2D eigenvalue weighted by molar-refractivity contribution is 5.89. The summed E-state index contributed by atoms with van der Waals surface area (Å²) in [6.45, 7) is 3.06. The highest BCUT2D eigenvalue weighted by atomic mass is 16.5. The van der Waals surface area contributed by atoms with Crippen molar-refractivity contribution in [2.45, 2.75) is 13.5 Å². The number of rotatable bonds is 6. The van der Waals surface area contributed by atoms with E-state index in [4.69, 9.17) is 4.74 Å². The van der Waals surface area contributed by atoms with Crippen LogP contribution < -0.4 is 20.3 Å². The van der Waals surface area contributed by atoms with Gasteiger partial charge in [0.05, 0.1) is 6.61 Å². The number of carbonyl (C=O) groups excluding carboxylic acids is 1. The van der Waals surface area contributed by atoms with Crippen molar-refractivity contribution in [1.29, 1.82) is 0 Å². The third-order valence-corrected chi connectivity index (χ3v) is 3.33. The van der Waals surface area contributed by atoms with Crippen LogP contribution in [0, 0.1) is 0 Å². The van der Waals surface area contributed by atoms with Crippen LogP contribution in [0.25, 0.3) is 0 Å². The quantitative estimate of drug-likeness (QED) is 0.858. The van der Waals surface area contributed by atoms with Crippen LogP contribution in [0.1, 0.15) is 12.5 Å². The largest absolute Gasteiger partial charge is 0.494 e. The summed E-state index contributed by atoms with van der Waals surface area (Å²) < 4.78 is 5.39. The topological polar surface area (TPSA) is 53.6 Å². The molecule has 0 aliphatic heterocycles. The average molecular weight is 313 g/mol. The third-order valence-electron chi connectivity index (χ3n) is 3.33. The fourth-order valence-electron chi connectivity index (χ4n) is 2.07. The Hall–Kier alpha value is -2.69. The van der Waals surface area contributed by atoms with Gasteiger partial charge in [0, 0.05) is 32.0 Å². The monoisotopic (exact) mass is 313 g/mol. The van der Waals surface area contributed by atoms with E-state index in [2.05, 4.69) is 10.6 Å². The number of anilines is 2. The number of ether oxygens (including phenoxy) is 1. The zero-order valence-corrected chi connectivity index (χ0v) is 13.8. The molecule has 0 spiro atoms. The molecule has 23 heavy (non-hydrogen) atoms. The van der Waals surface area contributed by atoms with Crippen molar-refractivity contribution in [2.75, 3.05) is 30.9 Å². The molecular formula is C18H23N3O2. The fourth-order valence-corrected chi connectivity index (χ4v) is 2.07. The summed E-state index contributed by atoms with van der Waals surface area (Å²) in [5, 5.41) is 5.65. The van der Waals surface area contributed by atoms with Gasteiger partial charge < -0.3 is 20.3 Å². The second-order valence-electron chi connectivity index (χ2n) is 5.33. The van der Waals surface area contributed by atoms with E-state index in [0.717, 1.165) is 22.7 Å². The van der Waals surface area contributed by atoms with Crippen LogP contribution in [0.5, 0.6) is 5.75 Å². The Balaban J connectivity index is 1.82. The maximum Gasteiger partial charge on any atom is 0.319 e. The Kier molecular flexibility index (Phi) is 5.86. The summed E-state index contributed by atoms with van der Waals surface area (Å²) in [5.74, 6) is 0.835. The van der Waals surface area contributed by atoms with Gasteiger partial charge in [0.2, 0.25) is 0 Å². The smallest absolute Gasteiger partial charge is 0.319 e. The molecule has 5 nitrogen and oxygen atoms in total. The molecule has 0 heterocycles. The first-order valence-electron chi connectivity index (χ1n) is 7.62. The van der Waals surface area contributed by atoms with Crippen molar-refractivity contribution in [3.8, 4) is 5.75 Å². The zero-order chi connectivity index (χ0) is 16.7. The number of nitrogens with zero attached hydrogens (tertiary/aromatic N) is 1.